The average Bonchev–Trinajstić information content (AvgIpc) is 2.01. The second kappa shape index (κ2) is 3.66. The monoisotopic (exact) mass is 168 g/mol. The van der Waals surface area contributed by atoms with Crippen LogP contribution < -0.4 is 4.74 Å². The molecule has 0 saturated carbocycles. The second-order valence-electron chi connectivity index (χ2n) is 2.16. The third kappa shape index (κ3) is 2.53. The van der Waals surface area contributed by atoms with E-state index in [1.165, 1.54) is 6.20 Å². The van der Waals surface area contributed by atoms with E-state index in [-0.39, 0.29) is 6.01 Å². The van der Waals surface area contributed by atoms with Crippen LogP contribution >= 0.6 is 0 Å². The first-order valence-electron chi connectivity index (χ1n) is 3.33. The van der Waals surface area contributed by atoms with E-state index in [9.17, 15) is 4.79 Å². The lowest BCUT2D eigenvalue weighted by atomic mass is 10.5. The van der Waals surface area contributed by atoms with Gasteiger partial charge >= 0.3 is 12.0 Å². The molecule has 1 aromatic rings. The fourth-order valence-electron chi connectivity index (χ4n) is 0.622. The van der Waals surface area contributed by atoms with E-state index in [2.05, 4.69) is 9.97 Å². The van der Waals surface area contributed by atoms with Crippen molar-refractivity contribution in [2.45, 2.75) is 6.92 Å². The zero-order valence-corrected chi connectivity index (χ0v) is 6.52. The standard InChI is InChI=1S/C7H8N2O3/c1-5-2-3-8-7(9-5)12-4-6(10)11/h2-3H,4H2,1H3,(H,10,11). The number of aliphatic carboxylic acids is 1. The highest BCUT2D eigenvalue weighted by atomic mass is 16.5. The molecule has 0 spiro atoms. The third-order valence-corrected chi connectivity index (χ3v) is 1.10. The summed E-state index contributed by atoms with van der Waals surface area (Å²) in [5, 5.41) is 8.26. The highest BCUT2D eigenvalue weighted by Gasteiger charge is 2.00. The average molecular weight is 168 g/mol. The van der Waals surface area contributed by atoms with Crippen molar-refractivity contribution in [3.05, 3.63) is 18.0 Å². The lowest BCUT2D eigenvalue weighted by Gasteiger charge is -1.99. The SMILES string of the molecule is Cc1ccnc(OCC(=O)O)n1. The second-order valence-corrected chi connectivity index (χ2v) is 2.16. The van der Waals surface area contributed by atoms with Crippen molar-refractivity contribution >= 4 is 5.97 Å². The Morgan fingerprint density at radius 2 is 2.50 bits per heavy atom. The van der Waals surface area contributed by atoms with Gasteiger partial charge in [0.05, 0.1) is 0 Å². The Labute approximate surface area is 69.0 Å². The van der Waals surface area contributed by atoms with Gasteiger partial charge in [-0.1, -0.05) is 0 Å². The molecular formula is C7H8N2O3. The number of carbonyl (C=O) groups is 1. The quantitative estimate of drug-likeness (QED) is 0.700. The molecule has 0 aliphatic carbocycles. The van der Waals surface area contributed by atoms with E-state index >= 15 is 0 Å². The number of aromatic nitrogens is 2. The normalized spacial score (nSPS) is 9.42. The van der Waals surface area contributed by atoms with Gasteiger partial charge < -0.3 is 9.84 Å². The maximum absolute atomic E-state index is 10.1. The minimum absolute atomic E-state index is 0.0948. The Bertz CT molecular complexity index is 288. The van der Waals surface area contributed by atoms with Crippen LogP contribution in [0.4, 0.5) is 0 Å². The molecule has 1 rings (SSSR count). The molecule has 5 nitrogen and oxygen atoms in total. The summed E-state index contributed by atoms with van der Waals surface area (Å²) in [7, 11) is 0. The number of carboxylic acid groups (broad SMARTS) is 1. The predicted octanol–water partition coefficient (Wildman–Crippen LogP) is 0.248. The minimum Gasteiger partial charge on any atom is -0.479 e. The molecule has 0 aliphatic heterocycles. The summed E-state index contributed by atoms with van der Waals surface area (Å²) in [6.07, 6.45) is 1.51. The van der Waals surface area contributed by atoms with E-state index in [1.54, 1.807) is 13.0 Å². The number of carboxylic acids is 1. The fourth-order valence-corrected chi connectivity index (χ4v) is 0.622. The predicted molar refractivity (Wildman–Crippen MR) is 39.9 cm³/mol. The van der Waals surface area contributed by atoms with Gasteiger partial charge in [0.1, 0.15) is 0 Å². The van der Waals surface area contributed by atoms with Crippen LogP contribution in [0.15, 0.2) is 12.3 Å². The number of hydrogen-bond donors (Lipinski definition) is 1. The highest BCUT2D eigenvalue weighted by Crippen LogP contribution is 2.00. The molecule has 0 amide bonds. The van der Waals surface area contributed by atoms with E-state index < -0.39 is 12.6 Å². The molecule has 0 bridgehead atoms. The van der Waals surface area contributed by atoms with E-state index in [0.29, 0.717) is 0 Å². The topological polar surface area (TPSA) is 72.3 Å². The van der Waals surface area contributed by atoms with Crippen molar-refractivity contribution in [3.8, 4) is 6.01 Å². The van der Waals surface area contributed by atoms with Crippen LogP contribution in [-0.2, 0) is 4.79 Å². The van der Waals surface area contributed by atoms with Crippen LogP contribution in [0.2, 0.25) is 0 Å². The van der Waals surface area contributed by atoms with Crippen LogP contribution in [0.1, 0.15) is 5.69 Å². The zero-order chi connectivity index (χ0) is 8.97. The van der Waals surface area contributed by atoms with Crippen molar-refractivity contribution < 1.29 is 14.6 Å². The molecule has 1 heterocycles. The molecule has 12 heavy (non-hydrogen) atoms. The van der Waals surface area contributed by atoms with Crippen LogP contribution in [0.3, 0.4) is 0 Å². The third-order valence-electron chi connectivity index (χ3n) is 1.10. The van der Waals surface area contributed by atoms with Gasteiger partial charge in [-0.2, -0.15) is 0 Å². The van der Waals surface area contributed by atoms with Crippen molar-refractivity contribution in [1.29, 1.82) is 0 Å². The van der Waals surface area contributed by atoms with E-state index in [4.69, 9.17) is 9.84 Å². The molecule has 0 saturated heterocycles. The van der Waals surface area contributed by atoms with Crippen LogP contribution in [0, 0.1) is 6.92 Å². The number of ether oxygens (including phenoxy) is 1. The number of rotatable bonds is 3. The number of aryl methyl sites for hydroxylation is 1. The summed E-state index contributed by atoms with van der Waals surface area (Å²) in [5.74, 6) is -1.04. The molecule has 0 fully saturated rings. The zero-order valence-electron chi connectivity index (χ0n) is 6.52. The van der Waals surface area contributed by atoms with Gasteiger partial charge in [-0.05, 0) is 13.0 Å². The van der Waals surface area contributed by atoms with Crippen molar-refractivity contribution in [2.75, 3.05) is 6.61 Å². The van der Waals surface area contributed by atoms with E-state index in [1.807, 2.05) is 0 Å². The van der Waals surface area contributed by atoms with Crippen molar-refractivity contribution in [1.82, 2.24) is 9.97 Å². The summed E-state index contributed by atoms with van der Waals surface area (Å²) in [5.41, 5.74) is 0.741. The Balaban J connectivity index is 2.57. The van der Waals surface area contributed by atoms with Crippen LogP contribution in [0.25, 0.3) is 0 Å². The summed E-state index contributed by atoms with van der Waals surface area (Å²) in [6.45, 7) is 1.36. The van der Waals surface area contributed by atoms with Gasteiger partial charge in [0.25, 0.3) is 0 Å². The molecule has 5 heteroatoms. The Hall–Kier alpha value is -1.65. The molecule has 1 N–H and O–H groups in total. The molecule has 0 aromatic carbocycles. The molecule has 0 unspecified atom stereocenters. The van der Waals surface area contributed by atoms with Gasteiger partial charge in [-0.3, -0.25) is 0 Å². The van der Waals surface area contributed by atoms with E-state index in [0.717, 1.165) is 5.69 Å². The van der Waals surface area contributed by atoms with Crippen molar-refractivity contribution in [2.24, 2.45) is 0 Å². The summed E-state index contributed by atoms with van der Waals surface area (Å²) in [6, 6.07) is 1.80. The summed E-state index contributed by atoms with van der Waals surface area (Å²) < 4.78 is 4.73. The number of nitrogens with zero attached hydrogens (tertiary/aromatic N) is 2. The maximum Gasteiger partial charge on any atom is 0.341 e. The molecule has 1 aromatic heterocycles. The maximum atomic E-state index is 10.1. The van der Waals surface area contributed by atoms with Crippen molar-refractivity contribution in [3.63, 3.8) is 0 Å². The molecule has 0 radical (unpaired) electrons. The first kappa shape index (κ1) is 8.45. The lowest BCUT2D eigenvalue weighted by molar-refractivity contribution is -0.139. The smallest absolute Gasteiger partial charge is 0.341 e. The van der Waals surface area contributed by atoms with Gasteiger partial charge in [0.15, 0.2) is 6.61 Å². The van der Waals surface area contributed by atoms with Crippen LogP contribution in [-0.4, -0.2) is 27.7 Å². The summed E-state index contributed by atoms with van der Waals surface area (Å²) >= 11 is 0. The fraction of sp³-hybridized carbons (Fsp3) is 0.286. The van der Waals surface area contributed by atoms with Gasteiger partial charge in [0, 0.05) is 11.9 Å². The largest absolute Gasteiger partial charge is 0.479 e. The van der Waals surface area contributed by atoms with Gasteiger partial charge in [-0.15, -0.1) is 0 Å². The molecule has 0 aliphatic rings. The Morgan fingerprint density at radius 3 is 3.08 bits per heavy atom. The lowest BCUT2D eigenvalue weighted by Crippen LogP contribution is -2.11. The first-order valence-corrected chi connectivity index (χ1v) is 3.33. The highest BCUT2D eigenvalue weighted by molar-refractivity contribution is 5.68. The van der Waals surface area contributed by atoms with Gasteiger partial charge in [0.2, 0.25) is 0 Å². The molecular weight excluding hydrogens is 160 g/mol. The Kier molecular flexibility index (Phi) is 2.57. The van der Waals surface area contributed by atoms with Crippen LogP contribution in [0.5, 0.6) is 6.01 Å². The first-order chi connectivity index (χ1) is 5.68. The molecule has 64 valence electrons. The molecule has 0 atom stereocenters. The summed E-state index contributed by atoms with van der Waals surface area (Å²) in [4.78, 5) is 17.6. The number of hydrogen-bond acceptors (Lipinski definition) is 4. The minimum atomic E-state index is -1.04. The Morgan fingerprint density at radius 1 is 1.75 bits per heavy atom. The van der Waals surface area contributed by atoms with Gasteiger partial charge in [-0.25, -0.2) is 14.8 Å².